The number of thioether (sulfide) groups is 1. The van der Waals surface area contributed by atoms with Crippen LogP contribution in [0.25, 0.3) is 0 Å². The molecule has 0 saturated carbocycles. The van der Waals surface area contributed by atoms with Gasteiger partial charge < -0.3 is 26.8 Å². The van der Waals surface area contributed by atoms with Gasteiger partial charge in [0.15, 0.2) is 0 Å². The van der Waals surface area contributed by atoms with E-state index in [0.717, 1.165) is 31.4 Å². The van der Waals surface area contributed by atoms with Gasteiger partial charge in [-0.1, -0.05) is 6.42 Å². The Hall–Kier alpha value is -1.48. The molecule has 2 saturated heterocycles. The molecule has 0 aromatic carbocycles. The fourth-order valence-electron chi connectivity index (χ4n) is 3.29. The maximum Gasteiger partial charge on any atom is 0.326 e. The van der Waals surface area contributed by atoms with Crippen LogP contribution in [0.1, 0.15) is 44.9 Å². The van der Waals surface area contributed by atoms with Crippen LogP contribution in [0.5, 0.6) is 0 Å². The van der Waals surface area contributed by atoms with Crippen LogP contribution in [0, 0.1) is 0 Å². The van der Waals surface area contributed by atoms with Gasteiger partial charge in [0, 0.05) is 17.4 Å². The zero-order valence-corrected chi connectivity index (χ0v) is 15.1. The predicted octanol–water partition coefficient (Wildman–Crippen LogP) is 0.411. The molecule has 0 aliphatic carbocycles. The van der Waals surface area contributed by atoms with Crippen LogP contribution in [0.15, 0.2) is 0 Å². The molecular weight excluding hydrogens is 344 g/mol. The maximum atomic E-state index is 11.9. The Labute approximate surface area is 152 Å². The van der Waals surface area contributed by atoms with E-state index >= 15 is 0 Å². The van der Waals surface area contributed by atoms with Crippen LogP contribution >= 0.6 is 11.8 Å². The second-order valence-corrected chi connectivity index (χ2v) is 7.88. The van der Waals surface area contributed by atoms with Gasteiger partial charge in [-0.2, -0.15) is 11.8 Å². The summed E-state index contributed by atoms with van der Waals surface area (Å²) >= 11 is 1.86. The predicted molar refractivity (Wildman–Crippen MR) is 96.4 cm³/mol. The van der Waals surface area contributed by atoms with Crippen LogP contribution in [0.4, 0.5) is 4.79 Å². The first kappa shape index (κ1) is 19.8. The number of aliphatic carboxylic acids is 1. The number of urea groups is 1. The van der Waals surface area contributed by atoms with E-state index in [1.165, 1.54) is 0 Å². The number of carboxylic acids is 1. The topological polar surface area (TPSA) is 134 Å². The maximum absolute atomic E-state index is 11.9. The molecule has 2 aliphatic rings. The molecule has 6 N–H and O–H groups in total. The third-order valence-electron chi connectivity index (χ3n) is 4.66. The minimum absolute atomic E-state index is 0.0889. The van der Waals surface area contributed by atoms with E-state index < -0.39 is 12.0 Å². The van der Waals surface area contributed by atoms with Gasteiger partial charge in [0.05, 0.1) is 12.1 Å². The second-order valence-electron chi connectivity index (χ2n) is 6.61. The Kier molecular flexibility index (Phi) is 7.83. The molecule has 2 heterocycles. The Morgan fingerprint density at radius 1 is 1.28 bits per heavy atom. The van der Waals surface area contributed by atoms with Crippen molar-refractivity contribution >= 4 is 29.7 Å². The van der Waals surface area contributed by atoms with Crippen molar-refractivity contribution in [2.45, 2.75) is 68.3 Å². The van der Waals surface area contributed by atoms with Gasteiger partial charge >= 0.3 is 12.0 Å². The fraction of sp³-hybridized carbons (Fsp3) is 0.812. The zero-order valence-electron chi connectivity index (χ0n) is 14.3. The molecule has 0 radical (unpaired) electrons. The number of hydrogen-bond acceptors (Lipinski definition) is 5. The van der Waals surface area contributed by atoms with E-state index in [9.17, 15) is 14.4 Å². The number of amides is 3. The van der Waals surface area contributed by atoms with Crippen molar-refractivity contribution in [2.24, 2.45) is 5.73 Å². The first-order valence-corrected chi connectivity index (χ1v) is 9.97. The molecule has 0 spiro atoms. The summed E-state index contributed by atoms with van der Waals surface area (Å²) in [6.07, 6.45) is 4.73. The second kappa shape index (κ2) is 9.86. The van der Waals surface area contributed by atoms with Crippen molar-refractivity contribution in [2.75, 3.05) is 12.3 Å². The smallest absolute Gasteiger partial charge is 0.326 e. The standard InChI is InChI=1S/C16H28N4O4S/c17-8-4-3-5-10(15(22)23)18-13(21)7-2-1-6-12-14-11(9-25-12)19-16(24)20-14/h10-12,14H,1-9,17H2,(H,18,21)(H,22,23)(H2,19,20,24)/t10-,11-,12-,14-/m0/s1. The third kappa shape index (κ3) is 6.07. The highest BCUT2D eigenvalue weighted by Crippen LogP contribution is 2.33. The fourth-order valence-corrected chi connectivity index (χ4v) is 4.83. The lowest BCUT2D eigenvalue weighted by Crippen LogP contribution is -2.40. The lowest BCUT2D eigenvalue weighted by Gasteiger charge is -2.17. The quantitative estimate of drug-likeness (QED) is 0.263. The summed E-state index contributed by atoms with van der Waals surface area (Å²) in [6.45, 7) is 0.525. The molecule has 142 valence electrons. The van der Waals surface area contributed by atoms with Crippen molar-refractivity contribution in [3.05, 3.63) is 0 Å². The SMILES string of the molecule is NCCCC[C@H](NC(=O)CCCC[C@@H]1SC[C@@H]2NC(=O)N[C@@H]21)C(=O)O. The number of carbonyl (C=O) groups excluding carboxylic acids is 2. The van der Waals surface area contributed by atoms with E-state index in [4.69, 9.17) is 10.8 Å². The molecule has 25 heavy (non-hydrogen) atoms. The van der Waals surface area contributed by atoms with Crippen molar-refractivity contribution < 1.29 is 19.5 Å². The Morgan fingerprint density at radius 3 is 2.80 bits per heavy atom. The van der Waals surface area contributed by atoms with Crippen LogP contribution in [0.3, 0.4) is 0 Å². The van der Waals surface area contributed by atoms with E-state index in [0.29, 0.717) is 31.1 Å². The number of hydrogen-bond donors (Lipinski definition) is 5. The molecule has 0 bridgehead atoms. The zero-order chi connectivity index (χ0) is 18.2. The molecule has 0 aromatic heterocycles. The molecular formula is C16H28N4O4S. The van der Waals surface area contributed by atoms with Crippen molar-refractivity contribution in [3.8, 4) is 0 Å². The van der Waals surface area contributed by atoms with Gasteiger partial charge in [0.2, 0.25) is 5.91 Å². The van der Waals surface area contributed by atoms with Crippen LogP contribution < -0.4 is 21.7 Å². The summed E-state index contributed by atoms with van der Waals surface area (Å²) in [7, 11) is 0. The number of rotatable bonds is 11. The van der Waals surface area contributed by atoms with Gasteiger partial charge in [-0.05, 0) is 38.6 Å². The number of nitrogens with two attached hydrogens (primary N) is 1. The van der Waals surface area contributed by atoms with Crippen molar-refractivity contribution in [1.29, 1.82) is 0 Å². The number of fused-ring (bicyclic) bond motifs is 1. The van der Waals surface area contributed by atoms with Gasteiger partial charge in [-0.3, -0.25) is 4.79 Å². The Balaban J connectivity index is 1.61. The first-order valence-electron chi connectivity index (χ1n) is 8.92. The number of carboxylic acid groups (broad SMARTS) is 1. The van der Waals surface area contributed by atoms with Gasteiger partial charge in [0.25, 0.3) is 0 Å². The number of nitrogens with one attached hydrogen (secondary N) is 3. The molecule has 8 nitrogen and oxygen atoms in total. The van der Waals surface area contributed by atoms with Crippen LogP contribution in [-0.4, -0.2) is 58.7 Å². The molecule has 0 unspecified atom stereocenters. The minimum atomic E-state index is -0.997. The number of unbranched alkanes of at least 4 members (excludes halogenated alkanes) is 2. The largest absolute Gasteiger partial charge is 0.480 e. The molecule has 2 aliphatic heterocycles. The Bertz CT molecular complexity index is 491. The van der Waals surface area contributed by atoms with E-state index in [1.54, 1.807) is 0 Å². The molecule has 0 aromatic rings. The highest BCUT2D eigenvalue weighted by Gasteiger charge is 2.42. The van der Waals surface area contributed by atoms with Crippen LogP contribution in [-0.2, 0) is 9.59 Å². The molecule has 4 atom stereocenters. The summed E-state index contributed by atoms with van der Waals surface area (Å²) in [5, 5.41) is 18.0. The summed E-state index contributed by atoms with van der Waals surface area (Å²) in [5.74, 6) is -0.284. The van der Waals surface area contributed by atoms with Crippen LogP contribution in [0.2, 0.25) is 0 Å². The van der Waals surface area contributed by atoms with Gasteiger partial charge in [0.1, 0.15) is 6.04 Å². The average molecular weight is 372 g/mol. The summed E-state index contributed by atoms with van der Waals surface area (Å²) in [6, 6.07) is -0.514. The lowest BCUT2D eigenvalue weighted by molar-refractivity contribution is -0.142. The molecule has 2 fully saturated rings. The number of carbonyl (C=O) groups is 3. The molecule has 9 heteroatoms. The summed E-state index contributed by atoms with van der Waals surface area (Å²) in [4.78, 5) is 34.5. The van der Waals surface area contributed by atoms with Gasteiger partial charge in [-0.15, -0.1) is 0 Å². The summed E-state index contributed by atoms with van der Waals surface area (Å²) in [5.41, 5.74) is 5.40. The van der Waals surface area contributed by atoms with E-state index in [2.05, 4.69) is 16.0 Å². The third-order valence-corrected chi connectivity index (χ3v) is 6.17. The van der Waals surface area contributed by atoms with Gasteiger partial charge in [-0.25, -0.2) is 9.59 Å². The molecule has 2 rings (SSSR count). The van der Waals surface area contributed by atoms with Crippen molar-refractivity contribution in [3.63, 3.8) is 0 Å². The van der Waals surface area contributed by atoms with Crippen molar-refractivity contribution in [1.82, 2.24) is 16.0 Å². The lowest BCUT2D eigenvalue weighted by atomic mass is 10.0. The normalized spacial score (nSPS) is 25.8. The Morgan fingerprint density at radius 2 is 2.08 bits per heavy atom. The monoisotopic (exact) mass is 372 g/mol. The molecule has 3 amide bonds. The minimum Gasteiger partial charge on any atom is -0.480 e. The highest BCUT2D eigenvalue weighted by molar-refractivity contribution is 8.00. The first-order chi connectivity index (χ1) is 12.0. The highest BCUT2D eigenvalue weighted by atomic mass is 32.2. The average Bonchev–Trinajstić information content (AvgIpc) is 3.10. The summed E-state index contributed by atoms with van der Waals surface area (Å²) < 4.78 is 0. The van der Waals surface area contributed by atoms with E-state index in [-0.39, 0.29) is 24.0 Å². The van der Waals surface area contributed by atoms with E-state index in [1.807, 2.05) is 11.8 Å².